The molecule has 1 aliphatic rings. The lowest BCUT2D eigenvalue weighted by Crippen LogP contribution is -2.47. The summed E-state index contributed by atoms with van der Waals surface area (Å²) in [7, 11) is 3.36. The van der Waals surface area contributed by atoms with Crippen molar-refractivity contribution in [3.05, 3.63) is 59.2 Å². The maximum atomic E-state index is 13.6. The van der Waals surface area contributed by atoms with Crippen molar-refractivity contribution < 1.29 is 27.5 Å². The lowest BCUT2D eigenvalue weighted by molar-refractivity contribution is -0.111. The Morgan fingerprint density at radius 2 is 1.93 bits per heavy atom. The standard InChI is InChI=1S/C28H34F2N6O4/c1-28(2,18-37)23-15-21(36-11-9-35(10-12-36)13-14-39-4)7-8-22(23)27(38)34(3)17-20-6-5-19(16-31-20)25-32-33-26(40-25)24(29)30/h5-8,15-16,18,24H,9-14,17H2,1-4H3. The third-order valence-corrected chi connectivity index (χ3v) is 7.02. The number of halogens is 2. The van der Waals surface area contributed by atoms with Crippen LogP contribution in [0.25, 0.3) is 11.5 Å². The molecular weight excluding hydrogens is 522 g/mol. The van der Waals surface area contributed by atoms with Crippen LogP contribution in [0, 0.1) is 0 Å². The van der Waals surface area contributed by atoms with Crippen molar-refractivity contribution in [2.45, 2.75) is 32.2 Å². The molecule has 0 spiro atoms. The monoisotopic (exact) mass is 556 g/mol. The Bertz CT molecular complexity index is 1310. The van der Waals surface area contributed by atoms with Crippen LogP contribution < -0.4 is 4.90 Å². The minimum Gasteiger partial charge on any atom is -0.415 e. The molecule has 2 aromatic heterocycles. The largest absolute Gasteiger partial charge is 0.415 e. The molecule has 1 aromatic carbocycles. The van der Waals surface area contributed by atoms with Crippen molar-refractivity contribution >= 4 is 17.9 Å². The van der Waals surface area contributed by atoms with E-state index in [1.54, 1.807) is 46.2 Å². The lowest BCUT2D eigenvalue weighted by Gasteiger charge is -2.36. The Labute approximate surface area is 231 Å². The van der Waals surface area contributed by atoms with Crippen molar-refractivity contribution in [2.24, 2.45) is 0 Å². The third-order valence-electron chi connectivity index (χ3n) is 7.02. The summed E-state index contributed by atoms with van der Waals surface area (Å²) in [5.74, 6) is -1.06. The van der Waals surface area contributed by atoms with Gasteiger partial charge < -0.3 is 23.7 Å². The number of hydrogen-bond donors (Lipinski definition) is 0. The highest BCUT2D eigenvalue weighted by Crippen LogP contribution is 2.31. The number of methoxy groups -OCH3 is 1. The number of alkyl halides is 2. The molecule has 0 N–H and O–H groups in total. The Morgan fingerprint density at radius 1 is 1.18 bits per heavy atom. The number of benzene rings is 1. The zero-order chi connectivity index (χ0) is 28.9. The maximum Gasteiger partial charge on any atom is 0.314 e. The molecule has 1 fully saturated rings. The molecule has 3 heterocycles. The van der Waals surface area contributed by atoms with Crippen LogP contribution in [0.3, 0.4) is 0 Å². The molecule has 214 valence electrons. The van der Waals surface area contributed by atoms with Crippen molar-refractivity contribution in [2.75, 3.05) is 58.4 Å². The molecule has 10 nitrogen and oxygen atoms in total. The molecule has 12 heteroatoms. The van der Waals surface area contributed by atoms with Gasteiger partial charge in [0.2, 0.25) is 5.89 Å². The number of hydrogen-bond acceptors (Lipinski definition) is 9. The summed E-state index contributed by atoms with van der Waals surface area (Å²) < 4.78 is 35.6. The van der Waals surface area contributed by atoms with Crippen LogP contribution in [0.4, 0.5) is 14.5 Å². The fraction of sp³-hybridized carbons (Fsp3) is 0.464. The molecule has 0 unspecified atom stereocenters. The molecule has 1 amide bonds. The number of piperazine rings is 1. The lowest BCUT2D eigenvalue weighted by atomic mass is 9.82. The minimum absolute atomic E-state index is 0.0593. The van der Waals surface area contributed by atoms with Gasteiger partial charge in [-0.25, -0.2) is 0 Å². The maximum absolute atomic E-state index is 13.6. The van der Waals surface area contributed by atoms with E-state index in [4.69, 9.17) is 9.15 Å². The second-order valence-electron chi connectivity index (χ2n) is 10.3. The molecule has 0 atom stereocenters. The van der Waals surface area contributed by atoms with Crippen LogP contribution in [0.1, 0.15) is 47.8 Å². The van der Waals surface area contributed by atoms with Gasteiger partial charge in [0.05, 0.1) is 24.4 Å². The van der Waals surface area contributed by atoms with E-state index >= 15 is 0 Å². The highest BCUT2D eigenvalue weighted by atomic mass is 19.3. The number of ether oxygens (including phenoxy) is 1. The molecule has 0 bridgehead atoms. The average molecular weight is 557 g/mol. The summed E-state index contributed by atoms with van der Waals surface area (Å²) in [4.78, 5) is 36.1. The predicted molar refractivity (Wildman–Crippen MR) is 144 cm³/mol. The van der Waals surface area contributed by atoms with E-state index in [0.717, 1.165) is 44.7 Å². The Morgan fingerprint density at radius 3 is 2.52 bits per heavy atom. The number of anilines is 1. The zero-order valence-electron chi connectivity index (χ0n) is 23.1. The fourth-order valence-electron chi connectivity index (χ4n) is 4.57. The number of amides is 1. The van der Waals surface area contributed by atoms with Gasteiger partial charge in [0.1, 0.15) is 6.29 Å². The number of aldehydes is 1. The first kappa shape index (κ1) is 29.2. The van der Waals surface area contributed by atoms with Crippen LogP contribution in [0.15, 0.2) is 40.9 Å². The fourth-order valence-corrected chi connectivity index (χ4v) is 4.57. The van der Waals surface area contributed by atoms with Gasteiger partial charge in [0.25, 0.3) is 11.8 Å². The Hall–Kier alpha value is -3.77. The Balaban J connectivity index is 1.48. The molecule has 0 radical (unpaired) electrons. The molecule has 0 saturated carbocycles. The van der Waals surface area contributed by atoms with E-state index in [1.807, 2.05) is 12.1 Å². The summed E-state index contributed by atoms with van der Waals surface area (Å²) in [6.07, 6.45) is -0.558. The summed E-state index contributed by atoms with van der Waals surface area (Å²) in [6.45, 7) is 8.88. The van der Waals surface area contributed by atoms with Gasteiger partial charge in [-0.15, -0.1) is 10.2 Å². The van der Waals surface area contributed by atoms with Crippen LogP contribution in [0.2, 0.25) is 0 Å². The summed E-state index contributed by atoms with van der Waals surface area (Å²) >= 11 is 0. The highest BCUT2D eigenvalue weighted by Gasteiger charge is 2.29. The topological polar surface area (TPSA) is 105 Å². The first-order valence-corrected chi connectivity index (χ1v) is 13.0. The summed E-state index contributed by atoms with van der Waals surface area (Å²) in [5.41, 5.74) is 2.18. The van der Waals surface area contributed by atoms with Gasteiger partial charge in [-0.05, 0) is 49.7 Å². The van der Waals surface area contributed by atoms with E-state index in [2.05, 4.69) is 25.0 Å². The molecular formula is C28H34F2N6O4. The summed E-state index contributed by atoms with van der Waals surface area (Å²) in [6, 6.07) is 8.96. The van der Waals surface area contributed by atoms with E-state index in [9.17, 15) is 18.4 Å². The van der Waals surface area contributed by atoms with Gasteiger partial charge in [-0.2, -0.15) is 8.78 Å². The van der Waals surface area contributed by atoms with Crippen LogP contribution in [0.5, 0.6) is 0 Å². The number of pyridine rings is 1. The normalized spacial score (nSPS) is 14.5. The quantitative estimate of drug-likeness (QED) is 0.328. The number of carbonyl (C=O) groups excluding carboxylic acids is 2. The van der Waals surface area contributed by atoms with Gasteiger partial charge in [0, 0.05) is 69.7 Å². The van der Waals surface area contributed by atoms with Crippen molar-refractivity contribution in [3.8, 4) is 11.5 Å². The number of nitrogens with zero attached hydrogens (tertiary/aromatic N) is 6. The zero-order valence-corrected chi connectivity index (χ0v) is 23.1. The second-order valence-corrected chi connectivity index (χ2v) is 10.3. The SMILES string of the molecule is COCCN1CCN(c2ccc(C(=O)N(C)Cc3ccc(-c4nnc(C(F)F)o4)cn3)c(C(C)(C)C=O)c2)CC1. The summed E-state index contributed by atoms with van der Waals surface area (Å²) in [5, 5.41) is 6.95. The molecule has 3 aromatic rings. The number of carbonyl (C=O) groups is 2. The smallest absolute Gasteiger partial charge is 0.314 e. The van der Waals surface area contributed by atoms with Crippen molar-refractivity contribution in [1.82, 2.24) is 25.0 Å². The molecule has 0 aliphatic carbocycles. The Kier molecular flexibility index (Phi) is 9.21. The predicted octanol–water partition coefficient (Wildman–Crippen LogP) is 3.59. The molecule has 4 rings (SSSR count). The van der Waals surface area contributed by atoms with Crippen LogP contribution >= 0.6 is 0 Å². The van der Waals surface area contributed by atoms with Gasteiger partial charge >= 0.3 is 6.43 Å². The van der Waals surface area contributed by atoms with E-state index in [-0.39, 0.29) is 18.3 Å². The first-order chi connectivity index (χ1) is 19.1. The van der Waals surface area contributed by atoms with Crippen LogP contribution in [-0.4, -0.2) is 90.7 Å². The second kappa shape index (κ2) is 12.6. The first-order valence-electron chi connectivity index (χ1n) is 13.0. The average Bonchev–Trinajstić information content (AvgIpc) is 3.47. The van der Waals surface area contributed by atoms with Gasteiger partial charge in [-0.1, -0.05) is 0 Å². The molecule has 40 heavy (non-hydrogen) atoms. The minimum atomic E-state index is -2.85. The number of aromatic nitrogens is 3. The third kappa shape index (κ3) is 6.68. The van der Waals surface area contributed by atoms with Crippen molar-refractivity contribution in [3.63, 3.8) is 0 Å². The van der Waals surface area contributed by atoms with Gasteiger partial charge in [0.15, 0.2) is 0 Å². The molecule has 1 aliphatic heterocycles. The van der Waals surface area contributed by atoms with Gasteiger partial charge in [-0.3, -0.25) is 14.7 Å². The van der Waals surface area contributed by atoms with E-state index in [1.165, 1.54) is 11.1 Å². The van der Waals surface area contributed by atoms with E-state index < -0.39 is 17.7 Å². The highest BCUT2D eigenvalue weighted by molar-refractivity contribution is 5.97. The molecule has 1 saturated heterocycles. The van der Waals surface area contributed by atoms with E-state index in [0.29, 0.717) is 29.0 Å². The van der Waals surface area contributed by atoms with Crippen LogP contribution in [-0.2, 0) is 21.5 Å². The number of rotatable bonds is 11. The van der Waals surface area contributed by atoms with Crippen molar-refractivity contribution in [1.29, 1.82) is 0 Å².